The molecule has 6 nitrogen and oxygen atoms in total. The minimum atomic E-state index is -0.981. The molecule has 0 aromatic heterocycles. The van der Waals surface area contributed by atoms with E-state index < -0.39 is 35.3 Å². The summed E-state index contributed by atoms with van der Waals surface area (Å²) in [5.41, 5.74) is 7.09. The fraction of sp³-hybridized carbons (Fsp3) is 0.333. The lowest BCUT2D eigenvalue weighted by Gasteiger charge is -2.24. The quantitative estimate of drug-likeness (QED) is 0.817. The number of carbonyl (C=O) groups is 2. The van der Waals surface area contributed by atoms with Crippen LogP contribution < -0.4 is 15.8 Å². The molecule has 0 saturated heterocycles. The molecule has 2 aromatic rings. The Balaban J connectivity index is 1.81. The molecule has 1 heterocycles. The van der Waals surface area contributed by atoms with Gasteiger partial charge in [-0.15, -0.1) is 0 Å². The Hall–Kier alpha value is -3.16. The van der Waals surface area contributed by atoms with Crippen molar-refractivity contribution in [2.24, 2.45) is 5.73 Å². The Bertz CT molecular complexity index is 970. The van der Waals surface area contributed by atoms with Crippen LogP contribution in [0.3, 0.4) is 0 Å². The van der Waals surface area contributed by atoms with Gasteiger partial charge in [-0.25, -0.2) is 13.6 Å². The third kappa shape index (κ3) is 4.82. The van der Waals surface area contributed by atoms with Crippen molar-refractivity contribution in [2.45, 2.75) is 45.4 Å². The average molecular weight is 404 g/mol. The van der Waals surface area contributed by atoms with E-state index in [4.69, 9.17) is 15.2 Å². The fourth-order valence-corrected chi connectivity index (χ4v) is 3.06. The Morgan fingerprint density at radius 3 is 2.52 bits per heavy atom. The maximum atomic E-state index is 13.7. The summed E-state index contributed by atoms with van der Waals surface area (Å²) in [4.78, 5) is 23.7. The molecule has 154 valence electrons. The van der Waals surface area contributed by atoms with Gasteiger partial charge in [-0.3, -0.25) is 4.79 Å². The van der Waals surface area contributed by atoms with E-state index >= 15 is 0 Å². The number of primary amides is 1. The summed E-state index contributed by atoms with van der Waals surface area (Å²) >= 11 is 0. The highest BCUT2D eigenvalue weighted by molar-refractivity contribution is 5.84. The van der Waals surface area contributed by atoms with E-state index in [0.717, 1.165) is 12.1 Å². The number of carbonyl (C=O) groups excluding carboxylic acids is 2. The molecule has 8 heteroatoms. The standard InChI is InChI=1S/C21H22F2N2O4/c1-21(2,3)29-20(27)25-17(19(24)26)6-11-4-5-13-14-9-16(23)15(22)8-12(14)10-28-18(13)7-11/h4-5,7-9,17H,6,10H2,1-3H3,(H2,24,26)(H,25,27)/t17-/m0/s1. The lowest BCUT2D eigenvalue weighted by atomic mass is 9.94. The van der Waals surface area contributed by atoms with Crippen molar-refractivity contribution in [1.29, 1.82) is 0 Å². The van der Waals surface area contributed by atoms with E-state index in [1.807, 2.05) is 0 Å². The first-order valence-corrected chi connectivity index (χ1v) is 9.06. The van der Waals surface area contributed by atoms with Crippen LogP contribution >= 0.6 is 0 Å². The molecule has 29 heavy (non-hydrogen) atoms. The van der Waals surface area contributed by atoms with Crippen LogP contribution in [-0.2, 0) is 22.6 Å². The van der Waals surface area contributed by atoms with Crippen LogP contribution in [-0.4, -0.2) is 23.6 Å². The summed E-state index contributed by atoms with van der Waals surface area (Å²) in [6.45, 7) is 5.22. The minimum Gasteiger partial charge on any atom is -0.488 e. The van der Waals surface area contributed by atoms with Gasteiger partial charge in [0.1, 0.15) is 24.0 Å². The van der Waals surface area contributed by atoms with Gasteiger partial charge < -0.3 is 20.5 Å². The van der Waals surface area contributed by atoms with Gasteiger partial charge in [-0.2, -0.15) is 0 Å². The van der Waals surface area contributed by atoms with Crippen LogP contribution in [0.5, 0.6) is 5.75 Å². The predicted octanol–water partition coefficient (Wildman–Crippen LogP) is 3.45. The summed E-state index contributed by atoms with van der Waals surface area (Å²) in [5.74, 6) is -2.10. The number of rotatable bonds is 4. The van der Waals surface area contributed by atoms with Crippen molar-refractivity contribution in [3.05, 3.63) is 53.1 Å². The Morgan fingerprint density at radius 2 is 1.86 bits per heavy atom. The summed E-state index contributed by atoms with van der Waals surface area (Å²) < 4.78 is 37.9. The maximum absolute atomic E-state index is 13.7. The Kier molecular flexibility index (Phi) is 5.46. The Morgan fingerprint density at radius 1 is 1.17 bits per heavy atom. The van der Waals surface area contributed by atoms with Crippen LogP contribution in [0.2, 0.25) is 0 Å². The normalized spacial score (nSPS) is 13.6. The third-order valence-corrected chi connectivity index (χ3v) is 4.34. The van der Waals surface area contributed by atoms with E-state index in [1.165, 1.54) is 0 Å². The molecule has 3 rings (SSSR count). The molecule has 0 radical (unpaired) electrons. The zero-order chi connectivity index (χ0) is 21.3. The number of fused-ring (bicyclic) bond motifs is 3. The van der Waals surface area contributed by atoms with E-state index in [9.17, 15) is 18.4 Å². The number of benzene rings is 2. The van der Waals surface area contributed by atoms with Crippen molar-refractivity contribution < 1.29 is 27.8 Å². The molecular formula is C21H22F2N2O4. The molecule has 1 aliphatic heterocycles. The second-order valence-corrected chi connectivity index (χ2v) is 7.85. The summed E-state index contributed by atoms with van der Waals surface area (Å²) in [5, 5.41) is 2.46. The number of amides is 2. The van der Waals surface area contributed by atoms with Crippen LogP contribution in [0, 0.1) is 11.6 Å². The molecular weight excluding hydrogens is 382 g/mol. The van der Waals surface area contributed by atoms with Crippen molar-refractivity contribution in [1.82, 2.24) is 5.32 Å². The highest BCUT2D eigenvalue weighted by atomic mass is 19.2. The second-order valence-electron chi connectivity index (χ2n) is 7.85. The fourth-order valence-electron chi connectivity index (χ4n) is 3.06. The van der Waals surface area contributed by atoms with Gasteiger partial charge >= 0.3 is 6.09 Å². The summed E-state index contributed by atoms with van der Waals surface area (Å²) in [6.07, 6.45) is -0.627. The molecule has 3 N–H and O–H groups in total. The zero-order valence-electron chi connectivity index (χ0n) is 16.3. The molecule has 0 saturated carbocycles. The van der Waals surface area contributed by atoms with Crippen molar-refractivity contribution >= 4 is 12.0 Å². The second kappa shape index (κ2) is 7.69. The number of alkyl carbamates (subject to hydrolysis) is 1. The van der Waals surface area contributed by atoms with E-state index in [2.05, 4.69) is 5.32 Å². The lowest BCUT2D eigenvalue weighted by Crippen LogP contribution is -2.47. The van der Waals surface area contributed by atoms with E-state index in [1.54, 1.807) is 39.0 Å². The van der Waals surface area contributed by atoms with Gasteiger partial charge in [-0.05, 0) is 50.1 Å². The lowest BCUT2D eigenvalue weighted by molar-refractivity contribution is -0.120. The van der Waals surface area contributed by atoms with Gasteiger partial charge in [0.25, 0.3) is 0 Å². The van der Waals surface area contributed by atoms with Crippen LogP contribution in [0.4, 0.5) is 13.6 Å². The molecule has 2 amide bonds. The first-order valence-electron chi connectivity index (χ1n) is 9.06. The number of nitrogens with two attached hydrogens (primary N) is 1. The number of hydrogen-bond acceptors (Lipinski definition) is 4. The molecule has 0 bridgehead atoms. The number of hydrogen-bond donors (Lipinski definition) is 2. The smallest absolute Gasteiger partial charge is 0.408 e. The summed E-state index contributed by atoms with van der Waals surface area (Å²) in [7, 11) is 0. The topological polar surface area (TPSA) is 90.7 Å². The van der Waals surface area contributed by atoms with Crippen LogP contribution in [0.25, 0.3) is 11.1 Å². The first-order chi connectivity index (χ1) is 13.5. The minimum absolute atomic E-state index is 0.0956. The van der Waals surface area contributed by atoms with Gasteiger partial charge in [0.15, 0.2) is 11.6 Å². The number of ether oxygens (including phenoxy) is 2. The van der Waals surface area contributed by atoms with Crippen LogP contribution in [0.1, 0.15) is 31.9 Å². The van der Waals surface area contributed by atoms with Gasteiger partial charge in [0, 0.05) is 17.5 Å². The first kappa shape index (κ1) is 20.6. The molecule has 0 aliphatic carbocycles. The monoisotopic (exact) mass is 404 g/mol. The van der Waals surface area contributed by atoms with Crippen molar-refractivity contribution in [3.63, 3.8) is 0 Å². The molecule has 0 unspecified atom stereocenters. The molecule has 0 fully saturated rings. The third-order valence-electron chi connectivity index (χ3n) is 4.34. The molecule has 2 aromatic carbocycles. The van der Waals surface area contributed by atoms with Gasteiger partial charge in [0.05, 0.1) is 0 Å². The Labute approximate surface area is 167 Å². The predicted molar refractivity (Wildman–Crippen MR) is 102 cm³/mol. The van der Waals surface area contributed by atoms with Gasteiger partial charge in [-0.1, -0.05) is 12.1 Å². The maximum Gasteiger partial charge on any atom is 0.408 e. The highest BCUT2D eigenvalue weighted by Gasteiger charge is 2.25. The summed E-state index contributed by atoms with van der Waals surface area (Å²) in [6, 6.07) is 6.38. The average Bonchev–Trinajstić information content (AvgIpc) is 2.60. The molecule has 0 spiro atoms. The van der Waals surface area contributed by atoms with Crippen molar-refractivity contribution in [2.75, 3.05) is 0 Å². The van der Waals surface area contributed by atoms with E-state index in [-0.39, 0.29) is 13.0 Å². The number of nitrogens with one attached hydrogen (secondary N) is 1. The zero-order valence-corrected chi connectivity index (χ0v) is 16.3. The molecule has 1 atom stereocenters. The van der Waals surface area contributed by atoms with Crippen LogP contribution in [0.15, 0.2) is 30.3 Å². The van der Waals surface area contributed by atoms with E-state index in [0.29, 0.717) is 28.0 Å². The SMILES string of the molecule is CC(C)(C)OC(=O)N[C@@H](Cc1ccc2c(c1)OCc1cc(F)c(F)cc1-2)C(N)=O. The molecule has 1 aliphatic rings. The largest absolute Gasteiger partial charge is 0.488 e. The van der Waals surface area contributed by atoms with Crippen molar-refractivity contribution in [3.8, 4) is 16.9 Å². The number of halogens is 2. The van der Waals surface area contributed by atoms with Gasteiger partial charge in [0.2, 0.25) is 5.91 Å². The highest BCUT2D eigenvalue weighted by Crippen LogP contribution is 2.39.